The number of nitrogens with one attached hydrogen (secondary N) is 1. The van der Waals surface area contributed by atoms with Crippen molar-refractivity contribution in [1.29, 1.82) is 0 Å². The Balaban J connectivity index is 0.00000264. The van der Waals surface area contributed by atoms with E-state index in [1.54, 1.807) is 23.1 Å². The average molecular weight is 406 g/mol. The molecule has 1 aromatic carbocycles. The predicted molar refractivity (Wildman–Crippen MR) is 97.2 cm³/mol. The van der Waals surface area contributed by atoms with Gasteiger partial charge in [-0.1, -0.05) is 22.0 Å². The topological polar surface area (TPSA) is 32.3 Å². The molecule has 1 aliphatic heterocycles. The Morgan fingerprint density at radius 3 is 2.96 bits per heavy atom. The Labute approximate surface area is 151 Å². The summed E-state index contributed by atoms with van der Waals surface area (Å²) in [6.07, 6.45) is 4.22. The zero-order valence-electron chi connectivity index (χ0n) is 13.1. The molecule has 23 heavy (non-hydrogen) atoms. The molecule has 1 heterocycles. The maximum absolute atomic E-state index is 13.9. The van der Waals surface area contributed by atoms with Crippen LogP contribution in [0.3, 0.4) is 0 Å². The number of rotatable bonds is 7. The van der Waals surface area contributed by atoms with Crippen LogP contribution in [0.5, 0.6) is 0 Å². The molecule has 128 valence electrons. The lowest BCUT2D eigenvalue weighted by molar-refractivity contribution is -0.131. The molecule has 6 heteroatoms. The zero-order valence-corrected chi connectivity index (χ0v) is 15.5. The summed E-state index contributed by atoms with van der Waals surface area (Å²) in [5.41, 5.74) is 0.520. The lowest BCUT2D eigenvalue weighted by Gasteiger charge is -2.22. The first-order chi connectivity index (χ1) is 10.6. The molecule has 2 rings (SSSR count). The molecule has 1 unspecified atom stereocenters. The second-order valence-corrected chi connectivity index (χ2v) is 6.61. The van der Waals surface area contributed by atoms with Crippen LogP contribution in [0.2, 0.25) is 0 Å². The molecular formula is C17H23BrClFN2O. The SMILES string of the molecule is C=CCN(Cc1cc(Br)ccc1F)C(=O)CCC1CCNC1.Cl. The molecule has 1 N–H and O–H groups in total. The third-order valence-electron chi connectivity index (χ3n) is 4.00. The summed E-state index contributed by atoms with van der Waals surface area (Å²) < 4.78 is 14.7. The minimum absolute atomic E-state index is 0. The maximum Gasteiger partial charge on any atom is 0.223 e. The molecule has 1 saturated heterocycles. The quantitative estimate of drug-likeness (QED) is 0.698. The summed E-state index contributed by atoms with van der Waals surface area (Å²) in [4.78, 5) is 14.1. The Morgan fingerprint density at radius 1 is 1.52 bits per heavy atom. The fraction of sp³-hybridized carbons (Fsp3) is 0.471. The largest absolute Gasteiger partial charge is 0.335 e. The van der Waals surface area contributed by atoms with Gasteiger partial charge in [0.15, 0.2) is 0 Å². The van der Waals surface area contributed by atoms with Gasteiger partial charge in [-0.15, -0.1) is 19.0 Å². The van der Waals surface area contributed by atoms with E-state index in [4.69, 9.17) is 0 Å². The molecule has 0 saturated carbocycles. The number of halogens is 3. The molecule has 0 radical (unpaired) electrons. The van der Waals surface area contributed by atoms with Crippen molar-refractivity contribution in [2.24, 2.45) is 5.92 Å². The highest BCUT2D eigenvalue weighted by atomic mass is 79.9. The lowest BCUT2D eigenvalue weighted by Crippen LogP contribution is -2.31. The summed E-state index contributed by atoms with van der Waals surface area (Å²) in [7, 11) is 0. The van der Waals surface area contributed by atoms with Crippen molar-refractivity contribution in [2.75, 3.05) is 19.6 Å². The van der Waals surface area contributed by atoms with E-state index in [9.17, 15) is 9.18 Å². The van der Waals surface area contributed by atoms with Crippen molar-refractivity contribution >= 4 is 34.2 Å². The minimum atomic E-state index is -0.287. The standard InChI is InChI=1S/C17H22BrFN2O.ClH/c1-2-9-21(12-14-10-15(18)4-5-16(14)19)17(22)6-3-13-7-8-20-11-13;/h2,4-5,10,13,20H,1,3,6-9,11-12H2;1H. The monoisotopic (exact) mass is 404 g/mol. The van der Waals surface area contributed by atoms with E-state index in [-0.39, 0.29) is 30.7 Å². The zero-order chi connectivity index (χ0) is 15.9. The highest BCUT2D eigenvalue weighted by Gasteiger charge is 2.19. The van der Waals surface area contributed by atoms with E-state index in [1.165, 1.54) is 6.07 Å². The van der Waals surface area contributed by atoms with Crippen LogP contribution in [-0.2, 0) is 11.3 Å². The van der Waals surface area contributed by atoms with Gasteiger partial charge in [0, 0.05) is 29.5 Å². The molecule has 1 aromatic rings. The van der Waals surface area contributed by atoms with Crippen LogP contribution < -0.4 is 5.32 Å². The Morgan fingerprint density at radius 2 is 2.30 bits per heavy atom. The Kier molecular flexibility index (Phi) is 8.81. The summed E-state index contributed by atoms with van der Waals surface area (Å²) in [5, 5.41) is 3.31. The third-order valence-corrected chi connectivity index (χ3v) is 4.49. The van der Waals surface area contributed by atoms with Crippen molar-refractivity contribution in [3.05, 3.63) is 46.7 Å². The molecule has 1 fully saturated rings. The smallest absolute Gasteiger partial charge is 0.223 e. The van der Waals surface area contributed by atoms with Crippen LogP contribution >= 0.6 is 28.3 Å². The number of carbonyl (C=O) groups excluding carboxylic acids is 1. The number of hydrogen-bond donors (Lipinski definition) is 1. The number of nitrogens with zero attached hydrogens (tertiary/aromatic N) is 1. The second kappa shape index (κ2) is 10.1. The Hall–Kier alpha value is -0.910. The van der Waals surface area contributed by atoms with Crippen LogP contribution in [0, 0.1) is 11.7 Å². The van der Waals surface area contributed by atoms with Gasteiger partial charge in [-0.3, -0.25) is 4.79 Å². The van der Waals surface area contributed by atoms with Gasteiger partial charge >= 0.3 is 0 Å². The first kappa shape index (κ1) is 20.1. The van der Waals surface area contributed by atoms with Crippen molar-refractivity contribution in [3.63, 3.8) is 0 Å². The first-order valence-electron chi connectivity index (χ1n) is 7.63. The van der Waals surface area contributed by atoms with Crippen LogP contribution in [0.4, 0.5) is 4.39 Å². The molecule has 1 aliphatic rings. The Bertz CT molecular complexity index is 535. The summed E-state index contributed by atoms with van der Waals surface area (Å²) in [6.45, 7) is 6.45. The van der Waals surface area contributed by atoms with Crippen LogP contribution in [0.1, 0.15) is 24.8 Å². The number of benzene rings is 1. The molecular weight excluding hydrogens is 383 g/mol. The lowest BCUT2D eigenvalue weighted by atomic mass is 10.0. The van der Waals surface area contributed by atoms with Crippen molar-refractivity contribution in [1.82, 2.24) is 10.2 Å². The second-order valence-electron chi connectivity index (χ2n) is 5.70. The maximum atomic E-state index is 13.9. The van der Waals surface area contributed by atoms with Gasteiger partial charge in [-0.05, 0) is 50.0 Å². The molecule has 0 bridgehead atoms. The molecule has 0 spiro atoms. The van der Waals surface area contributed by atoms with Gasteiger partial charge in [0.25, 0.3) is 0 Å². The van der Waals surface area contributed by atoms with E-state index < -0.39 is 0 Å². The van der Waals surface area contributed by atoms with Gasteiger partial charge in [0.2, 0.25) is 5.91 Å². The van der Waals surface area contributed by atoms with E-state index in [0.29, 0.717) is 24.4 Å². The van der Waals surface area contributed by atoms with Crippen molar-refractivity contribution in [2.45, 2.75) is 25.8 Å². The highest BCUT2D eigenvalue weighted by Crippen LogP contribution is 2.19. The summed E-state index contributed by atoms with van der Waals surface area (Å²) >= 11 is 3.34. The predicted octanol–water partition coefficient (Wildman–Crippen LogP) is 3.91. The van der Waals surface area contributed by atoms with E-state index in [0.717, 1.165) is 30.4 Å². The number of amides is 1. The number of carbonyl (C=O) groups is 1. The molecule has 1 amide bonds. The molecule has 3 nitrogen and oxygen atoms in total. The van der Waals surface area contributed by atoms with Gasteiger partial charge in [0.05, 0.1) is 0 Å². The summed E-state index contributed by atoms with van der Waals surface area (Å²) in [6, 6.07) is 4.80. The highest BCUT2D eigenvalue weighted by molar-refractivity contribution is 9.10. The average Bonchev–Trinajstić information content (AvgIpc) is 3.01. The summed E-state index contributed by atoms with van der Waals surface area (Å²) in [5.74, 6) is 0.355. The molecule has 1 atom stereocenters. The van der Waals surface area contributed by atoms with Gasteiger partial charge in [-0.25, -0.2) is 4.39 Å². The molecule has 0 aromatic heterocycles. The van der Waals surface area contributed by atoms with Crippen LogP contribution in [-0.4, -0.2) is 30.4 Å². The van der Waals surface area contributed by atoms with E-state index >= 15 is 0 Å². The first-order valence-corrected chi connectivity index (χ1v) is 8.42. The normalized spacial score (nSPS) is 16.7. The third kappa shape index (κ3) is 6.24. The fourth-order valence-corrected chi connectivity index (χ4v) is 3.14. The van der Waals surface area contributed by atoms with Crippen molar-refractivity contribution in [3.8, 4) is 0 Å². The van der Waals surface area contributed by atoms with Gasteiger partial charge in [0.1, 0.15) is 5.82 Å². The van der Waals surface area contributed by atoms with Gasteiger partial charge in [-0.2, -0.15) is 0 Å². The minimum Gasteiger partial charge on any atom is -0.335 e. The van der Waals surface area contributed by atoms with Crippen molar-refractivity contribution < 1.29 is 9.18 Å². The van der Waals surface area contributed by atoms with E-state index in [1.807, 2.05) is 0 Å². The van der Waals surface area contributed by atoms with Crippen LogP contribution in [0.25, 0.3) is 0 Å². The molecule has 0 aliphatic carbocycles. The number of hydrogen-bond acceptors (Lipinski definition) is 2. The fourth-order valence-electron chi connectivity index (χ4n) is 2.73. The van der Waals surface area contributed by atoms with Crippen LogP contribution in [0.15, 0.2) is 35.3 Å². The van der Waals surface area contributed by atoms with Gasteiger partial charge < -0.3 is 10.2 Å². The van der Waals surface area contributed by atoms with E-state index in [2.05, 4.69) is 27.8 Å².